The van der Waals surface area contributed by atoms with Gasteiger partial charge in [-0.05, 0) is 60.0 Å². The van der Waals surface area contributed by atoms with E-state index in [1.54, 1.807) is 18.2 Å². The number of hydrogen-bond donors (Lipinski definition) is 4. The van der Waals surface area contributed by atoms with Gasteiger partial charge in [-0.15, -0.1) is 10.2 Å². The molecule has 0 bridgehead atoms. The van der Waals surface area contributed by atoms with Crippen LogP contribution in [0.25, 0.3) is 11.3 Å². The maximum absolute atomic E-state index is 12.1. The highest BCUT2D eigenvalue weighted by Crippen LogP contribution is 2.40. The summed E-state index contributed by atoms with van der Waals surface area (Å²) < 4.78 is 6.47. The summed E-state index contributed by atoms with van der Waals surface area (Å²) in [5.41, 5.74) is 6.38. The molecular weight excluding hydrogens is 696 g/mol. The molecule has 1 aromatic heterocycles. The zero-order chi connectivity index (χ0) is 36.5. The Kier molecular flexibility index (Phi) is 9.76. The van der Waals surface area contributed by atoms with Gasteiger partial charge in [-0.25, -0.2) is 0 Å². The molecule has 53 heavy (non-hydrogen) atoms. The van der Waals surface area contributed by atoms with Crippen molar-refractivity contribution in [3.63, 3.8) is 0 Å². The van der Waals surface area contributed by atoms with E-state index in [0.29, 0.717) is 37.1 Å². The molecule has 13 nitrogen and oxygen atoms in total. The number of halogens is 1. The van der Waals surface area contributed by atoms with Crippen LogP contribution in [-0.2, 0) is 22.7 Å². The minimum Gasteiger partial charge on any atom is -0.506 e. The highest BCUT2D eigenvalue weighted by Gasteiger charge is 2.38. The second kappa shape index (κ2) is 14.9. The maximum Gasteiger partial charge on any atom is 0.251 e. The Morgan fingerprint density at radius 3 is 2.43 bits per heavy atom. The van der Waals surface area contributed by atoms with Crippen molar-refractivity contribution >= 4 is 46.5 Å². The molecule has 4 N–H and O–H groups in total. The Morgan fingerprint density at radius 1 is 0.887 bits per heavy atom. The van der Waals surface area contributed by atoms with Crippen molar-refractivity contribution < 1.29 is 24.2 Å². The molecule has 274 valence electrons. The number of anilines is 3. The second-order valence-corrected chi connectivity index (χ2v) is 14.4. The fourth-order valence-electron chi connectivity index (χ4n) is 7.62. The molecule has 3 amide bonds. The third-order valence-electron chi connectivity index (χ3n) is 10.5. The van der Waals surface area contributed by atoms with Crippen molar-refractivity contribution in [2.75, 3.05) is 54.4 Å². The third kappa shape index (κ3) is 7.58. The number of aromatic nitrogens is 2. The van der Waals surface area contributed by atoms with Crippen molar-refractivity contribution in [2.45, 2.75) is 50.9 Å². The Morgan fingerprint density at radius 2 is 1.68 bits per heavy atom. The molecule has 2 unspecified atom stereocenters. The predicted molar refractivity (Wildman–Crippen MR) is 201 cm³/mol. The summed E-state index contributed by atoms with van der Waals surface area (Å²) in [7, 11) is 0. The van der Waals surface area contributed by atoms with E-state index >= 15 is 0 Å². The molecule has 14 heteroatoms. The van der Waals surface area contributed by atoms with Crippen LogP contribution in [0.1, 0.15) is 47.2 Å². The SMILES string of the molecule is O=C1CCCC(=O)N1.O=C1NCc2ccc(N3CCN(Cc4ccc(OC5CC6CNc7nnc(-c8cccc(Cl)c8O)cc7N6C5)cc4)CC3)cc21. The maximum atomic E-state index is 12.1. The first-order valence-electron chi connectivity index (χ1n) is 18.1. The average molecular weight is 737 g/mol. The Labute approximate surface area is 312 Å². The molecule has 5 aliphatic heterocycles. The van der Waals surface area contributed by atoms with Crippen molar-refractivity contribution in [2.24, 2.45) is 0 Å². The Hall–Kier alpha value is -5.40. The monoisotopic (exact) mass is 736 g/mol. The van der Waals surface area contributed by atoms with Gasteiger partial charge >= 0.3 is 0 Å². The van der Waals surface area contributed by atoms with E-state index in [-0.39, 0.29) is 40.6 Å². The predicted octanol–water partition coefficient (Wildman–Crippen LogP) is 4.33. The van der Waals surface area contributed by atoms with E-state index in [4.69, 9.17) is 16.3 Å². The van der Waals surface area contributed by atoms with Crippen LogP contribution < -0.4 is 30.5 Å². The van der Waals surface area contributed by atoms with Crippen LogP contribution in [-0.4, -0.2) is 89.3 Å². The number of carbonyl (C=O) groups is 3. The smallest absolute Gasteiger partial charge is 0.251 e. The van der Waals surface area contributed by atoms with Gasteiger partial charge in [0.1, 0.15) is 17.6 Å². The van der Waals surface area contributed by atoms with Crippen molar-refractivity contribution in [3.8, 4) is 22.8 Å². The first-order valence-corrected chi connectivity index (χ1v) is 18.5. The summed E-state index contributed by atoms with van der Waals surface area (Å²) in [6.07, 6.45) is 2.67. The van der Waals surface area contributed by atoms with Crippen LogP contribution in [0.2, 0.25) is 5.02 Å². The topological polar surface area (TPSA) is 152 Å². The van der Waals surface area contributed by atoms with Gasteiger partial charge in [0.25, 0.3) is 5.91 Å². The fourth-order valence-corrected chi connectivity index (χ4v) is 7.79. The van der Waals surface area contributed by atoms with Gasteiger partial charge < -0.3 is 30.3 Å². The summed E-state index contributed by atoms with van der Waals surface area (Å²) in [4.78, 5) is 40.0. The van der Waals surface area contributed by atoms with Crippen LogP contribution in [0, 0.1) is 0 Å². The molecule has 3 fully saturated rings. The number of ether oxygens (including phenoxy) is 1. The number of piperidine rings is 1. The Bertz CT molecular complexity index is 2020. The summed E-state index contributed by atoms with van der Waals surface area (Å²) in [6, 6.07) is 22.2. The zero-order valence-corrected chi connectivity index (χ0v) is 29.9. The van der Waals surface area contributed by atoms with Crippen LogP contribution >= 0.6 is 11.6 Å². The second-order valence-electron chi connectivity index (χ2n) is 14.0. The number of rotatable bonds is 6. The van der Waals surface area contributed by atoms with Crippen LogP contribution in [0.15, 0.2) is 66.7 Å². The highest BCUT2D eigenvalue weighted by atomic mass is 35.5. The molecule has 0 saturated carbocycles. The third-order valence-corrected chi connectivity index (χ3v) is 10.8. The quantitative estimate of drug-likeness (QED) is 0.209. The number of nitrogens with zero attached hydrogens (tertiary/aromatic N) is 5. The minimum atomic E-state index is -0.138. The molecular formula is C39H41ClN8O5. The molecule has 0 radical (unpaired) electrons. The van der Waals surface area contributed by atoms with Gasteiger partial charge in [0.05, 0.1) is 29.0 Å². The summed E-state index contributed by atoms with van der Waals surface area (Å²) in [6.45, 7) is 6.86. The van der Waals surface area contributed by atoms with E-state index in [1.807, 2.05) is 12.1 Å². The van der Waals surface area contributed by atoms with Gasteiger partial charge in [-0.3, -0.25) is 24.6 Å². The first-order chi connectivity index (χ1) is 25.8. The van der Waals surface area contributed by atoms with Crippen molar-refractivity contribution in [3.05, 3.63) is 88.4 Å². The number of phenols is 1. The number of benzene rings is 3. The highest BCUT2D eigenvalue weighted by molar-refractivity contribution is 6.32. The Balaban J connectivity index is 0.000000445. The molecule has 5 aliphatic rings. The number of amides is 3. The normalized spacial score (nSPS) is 20.7. The lowest BCUT2D eigenvalue weighted by Crippen LogP contribution is -2.46. The lowest BCUT2D eigenvalue weighted by Gasteiger charge is -2.36. The molecule has 9 rings (SSSR count). The molecule has 6 heterocycles. The zero-order valence-electron chi connectivity index (χ0n) is 29.2. The van der Waals surface area contributed by atoms with Crippen LogP contribution in [0.4, 0.5) is 17.2 Å². The van der Waals surface area contributed by atoms with Gasteiger partial charge in [-0.2, -0.15) is 0 Å². The molecule has 2 atom stereocenters. The number of nitrogens with one attached hydrogen (secondary N) is 3. The lowest BCUT2D eigenvalue weighted by molar-refractivity contribution is -0.132. The largest absolute Gasteiger partial charge is 0.506 e. The van der Waals surface area contributed by atoms with E-state index in [2.05, 4.69) is 77.2 Å². The molecule has 3 aromatic carbocycles. The summed E-state index contributed by atoms with van der Waals surface area (Å²) >= 11 is 6.14. The number of imide groups is 1. The number of fused-ring (bicyclic) bond motifs is 4. The molecule has 0 spiro atoms. The summed E-state index contributed by atoms with van der Waals surface area (Å²) in [5, 5.41) is 28.0. The standard InChI is InChI=1S/C34H34ClN7O3.C5H7NO2/c35-29-3-1-2-27(32(29)43)30-16-31-33(39-38-30)36-18-24-14-26(20-42(24)31)45-25-8-4-21(5-9-25)19-40-10-12-41(13-11-40)23-7-6-22-17-37-34(44)28(22)15-23;7-4-2-1-3-5(8)6-4/h1-9,15-16,24,26,43H,10-14,17-20H2,(H,36,39)(H,37,44);1-3H2,(H,6,7,8). The van der Waals surface area contributed by atoms with Gasteiger partial charge in [0.15, 0.2) is 5.82 Å². The lowest BCUT2D eigenvalue weighted by atomic mass is 10.1. The van der Waals surface area contributed by atoms with Gasteiger partial charge in [0.2, 0.25) is 11.8 Å². The number of aromatic hydroxyl groups is 1. The van der Waals surface area contributed by atoms with Crippen LogP contribution in [0.5, 0.6) is 11.5 Å². The van der Waals surface area contributed by atoms with E-state index < -0.39 is 0 Å². The molecule has 3 saturated heterocycles. The number of para-hydroxylation sites is 1. The van der Waals surface area contributed by atoms with Gasteiger partial charge in [-0.1, -0.05) is 35.9 Å². The summed E-state index contributed by atoms with van der Waals surface area (Å²) in [5.74, 6) is 1.38. The number of piperazine rings is 1. The fraction of sp³-hybridized carbons (Fsp3) is 0.359. The van der Waals surface area contributed by atoms with Crippen molar-refractivity contribution in [1.29, 1.82) is 0 Å². The minimum absolute atomic E-state index is 0.00793. The first kappa shape index (κ1) is 34.7. The average Bonchev–Trinajstić information content (AvgIpc) is 3.76. The number of carbonyl (C=O) groups excluding carboxylic acids is 3. The van der Waals surface area contributed by atoms with E-state index in [9.17, 15) is 19.5 Å². The van der Waals surface area contributed by atoms with Crippen LogP contribution in [0.3, 0.4) is 0 Å². The number of phenolic OH excluding ortho intramolecular Hbond substituents is 1. The van der Waals surface area contributed by atoms with Gasteiger partial charge in [0, 0.05) is 81.9 Å². The molecule has 0 aliphatic carbocycles. The van der Waals surface area contributed by atoms with Crippen molar-refractivity contribution in [1.82, 2.24) is 25.7 Å². The van der Waals surface area contributed by atoms with E-state index in [1.165, 1.54) is 5.56 Å². The molecule has 4 aromatic rings. The number of hydrogen-bond acceptors (Lipinski definition) is 11. The van der Waals surface area contributed by atoms with E-state index in [0.717, 1.165) is 86.3 Å².